The Hall–Kier alpha value is -1.85. The fraction of sp³-hybridized carbons (Fsp3) is 0.385. The van der Waals surface area contributed by atoms with Crippen LogP contribution in [0, 0.1) is 5.92 Å². The summed E-state index contributed by atoms with van der Waals surface area (Å²) >= 11 is 0. The fourth-order valence-corrected chi connectivity index (χ4v) is 2.13. The maximum Gasteiger partial charge on any atom is 0.418 e. The number of benzene rings is 1. The second-order valence-corrected chi connectivity index (χ2v) is 4.84. The van der Waals surface area contributed by atoms with Crippen molar-refractivity contribution in [2.75, 3.05) is 0 Å². The molecule has 3 nitrogen and oxygen atoms in total. The number of fused-ring (bicyclic) bond motifs is 1. The van der Waals surface area contributed by atoms with Crippen molar-refractivity contribution in [3.8, 4) is 0 Å². The Labute approximate surface area is 106 Å². The first-order valence-corrected chi connectivity index (χ1v) is 6.02. The van der Waals surface area contributed by atoms with Gasteiger partial charge in [-0.3, -0.25) is 9.36 Å². The van der Waals surface area contributed by atoms with E-state index in [2.05, 4.69) is 4.98 Å². The molecule has 0 aliphatic heterocycles. The summed E-state index contributed by atoms with van der Waals surface area (Å²) in [5.74, 6) is 0.461. The van der Waals surface area contributed by atoms with Gasteiger partial charge in [-0.15, -0.1) is 0 Å². The lowest BCUT2D eigenvalue weighted by Gasteiger charge is -2.10. The quantitative estimate of drug-likeness (QED) is 0.839. The minimum Gasteiger partial charge on any atom is -0.298 e. The van der Waals surface area contributed by atoms with Crippen molar-refractivity contribution < 1.29 is 13.2 Å². The zero-order chi connectivity index (χ0) is 13.6. The summed E-state index contributed by atoms with van der Waals surface area (Å²) in [7, 11) is 0. The first kappa shape index (κ1) is 12.2. The molecular formula is C13H11F3N2O. The van der Waals surface area contributed by atoms with Crippen molar-refractivity contribution in [3.05, 3.63) is 40.4 Å². The summed E-state index contributed by atoms with van der Waals surface area (Å²) in [4.78, 5) is 16.0. The molecule has 0 N–H and O–H groups in total. The zero-order valence-corrected chi connectivity index (χ0v) is 9.94. The Morgan fingerprint density at radius 2 is 2.05 bits per heavy atom. The minimum atomic E-state index is -4.50. The molecule has 0 spiro atoms. The van der Waals surface area contributed by atoms with Gasteiger partial charge < -0.3 is 0 Å². The molecule has 1 aliphatic rings. The zero-order valence-electron chi connectivity index (χ0n) is 9.94. The Morgan fingerprint density at radius 1 is 1.32 bits per heavy atom. The van der Waals surface area contributed by atoms with Crippen LogP contribution in [-0.2, 0) is 12.7 Å². The van der Waals surface area contributed by atoms with E-state index >= 15 is 0 Å². The lowest BCUT2D eigenvalue weighted by molar-refractivity contribution is -0.136. The first-order chi connectivity index (χ1) is 8.97. The van der Waals surface area contributed by atoms with Crippen LogP contribution in [0.3, 0.4) is 0 Å². The molecule has 0 saturated heterocycles. The summed E-state index contributed by atoms with van der Waals surface area (Å²) in [6, 6.07) is 3.58. The Bertz CT molecular complexity index is 686. The highest BCUT2D eigenvalue weighted by Gasteiger charge is 2.33. The van der Waals surface area contributed by atoms with Crippen molar-refractivity contribution in [1.82, 2.24) is 9.55 Å². The van der Waals surface area contributed by atoms with Gasteiger partial charge in [-0.1, -0.05) is 6.07 Å². The van der Waals surface area contributed by atoms with Gasteiger partial charge in [0.25, 0.3) is 5.56 Å². The van der Waals surface area contributed by atoms with Crippen LogP contribution >= 0.6 is 0 Å². The Balaban J connectivity index is 2.19. The molecule has 3 rings (SSSR count). The van der Waals surface area contributed by atoms with Crippen molar-refractivity contribution in [2.45, 2.75) is 25.6 Å². The van der Waals surface area contributed by atoms with Crippen LogP contribution in [-0.4, -0.2) is 9.55 Å². The molecule has 1 heterocycles. The van der Waals surface area contributed by atoms with Crippen LogP contribution < -0.4 is 5.56 Å². The molecule has 100 valence electrons. The molecule has 2 aromatic rings. The predicted molar refractivity (Wildman–Crippen MR) is 63.7 cm³/mol. The van der Waals surface area contributed by atoms with Gasteiger partial charge >= 0.3 is 6.18 Å². The number of hydrogen-bond acceptors (Lipinski definition) is 2. The van der Waals surface area contributed by atoms with Crippen molar-refractivity contribution in [2.24, 2.45) is 5.92 Å². The van der Waals surface area contributed by atoms with Crippen molar-refractivity contribution in [1.29, 1.82) is 0 Å². The fourth-order valence-electron chi connectivity index (χ4n) is 2.13. The molecule has 0 amide bonds. The largest absolute Gasteiger partial charge is 0.418 e. The molecule has 1 aliphatic carbocycles. The molecule has 1 aromatic heterocycles. The highest BCUT2D eigenvalue weighted by Crippen LogP contribution is 2.33. The molecular weight excluding hydrogens is 257 g/mol. The van der Waals surface area contributed by atoms with Gasteiger partial charge in [-0.2, -0.15) is 13.2 Å². The first-order valence-electron chi connectivity index (χ1n) is 6.02. The summed E-state index contributed by atoms with van der Waals surface area (Å²) < 4.78 is 39.9. The lowest BCUT2D eigenvalue weighted by atomic mass is 10.1. The summed E-state index contributed by atoms with van der Waals surface area (Å²) in [5, 5.41) is 0.0259. The van der Waals surface area contributed by atoms with E-state index in [1.807, 2.05) is 0 Å². The van der Waals surface area contributed by atoms with E-state index in [0.29, 0.717) is 12.5 Å². The third kappa shape index (κ3) is 2.22. The Morgan fingerprint density at radius 3 is 2.68 bits per heavy atom. The van der Waals surface area contributed by atoms with Crippen molar-refractivity contribution >= 4 is 10.9 Å². The molecule has 19 heavy (non-hydrogen) atoms. The van der Waals surface area contributed by atoms with E-state index in [1.54, 1.807) is 0 Å². The standard InChI is InChI=1S/C13H11F3N2O/c14-13(15,16)10-3-1-2-9-11(10)17-7-18(12(9)19)6-8-4-5-8/h1-3,7-8H,4-6H2. The number of hydrogen-bond donors (Lipinski definition) is 0. The highest BCUT2D eigenvalue weighted by molar-refractivity contribution is 5.81. The molecule has 6 heteroatoms. The average molecular weight is 268 g/mol. The van der Waals surface area contributed by atoms with Gasteiger partial charge in [0.1, 0.15) is 0 Å². The van der Waals surface area contributed by atoms with Gasteiger partial charge in [0.15, 0.2) is 0 Å². The van der Waals surface area contributed by atoms with E-state index in [0.717, 1.165) is 18.9 Å². The Kier molecular flexibility index (Phi) is 2.62. The van der Waals surface area contributed by atoms with Gasteiger partial charge in [-0.05, 0) is 30.9 Å². The van der Waals surface area contributed by atoms with Gasteiger partial charge in [0.05, 0.1) is 22.8 Å². The van der Waals surface area contributed by atoms with E-state index in [4.69, 9.17) is 0 Å². The minimum absolute atomic E-state index is 0.0259. The molecule has 0 radical (unpaired) electrons. The van der Waals surface area contributed by atoms with Gasteiger partial charge in [0, 0.05) is 6.54 Å². The van der Waals surface area contributed by atoms with Gasteiger partial charge in [-0.25, -0.2) is 4.98 Å². The van der Waals surface area contributed by atoms with E-state index in [9.17, 15) is 18.0 Å². The predicted octanol–water partition coefficient (Wildman–Crippen LogP) is 2.83. The van der Waals surface area contributed by atoms with Crippen LogP contribution in [0.1, 0.15) is 18.4 Å². The number of para-hydroxylation sites is 1. The average Bonchev–Trinajstić information content (AvgIpc) is 3.15. The maximum atomic E-state index is 12.8. The van der Waals surface area contributed by atoms with Crippen LogP contribution in [0.15, 0.2) is 29.3 Å². The molecule has 0 bridgehead atoms. The van der Waals surface area contributed by atoms with Crippen LogP contribution in [0.4, 0.5) is 13.2 Å². The monoisotopic (exact) mass is 268 g/mol. The SMILES string of the molecule is O=c1c2cccc(C(F)(F)F)c2ncn1CC1CC1. The lowest BCUT2D eigenvalue weighted by Crippen LogP contribution is -2.22. The molecule has 1 saturated carbocycles. The van der Waals surface area contributed by atoms with Gasteiger partial charge in [0.2, 0.25) is 0 Å². The number of alkyl halides is 3. The molecule has 0 atom stereocenters. The second kappa shape index (κ2) is 4.08. The third-order valence-corrected chi connectivity index (χ3v) is 3.31. The number of aromatic nitrogens is 2. The molecule has 1 aromatic carbocycles. The smallest absolute Gasteiger partial charge is 0.298 e. The van der Waals surface area contributed by atoms with E-state index < -0.39 is 17.3 Å². The van der Waals surface area contributed by atoms with E-state index in [1.165, 1.54) is 23.0 Å². The summed E-state index contributed by atoms with van der Waals surface area (Å²) in [6.45, 7) is 0.540. The normalized spacial score (nSPS) is 15.9. The number of nitrogens with zero attached hydrogens (tertiary/aromatic N) is 2. The highest BCUT2D eigenvalue weighted by atomic mass is 19.4. The number of halogens is 3. The van der Waals surface area contributed by atoms with E-state index in [-0.39, 0.29) is 10.9 Å². The van der Waals surface area contributed by atoms with Crippen LogP contribution in [0.5, 0.6) is 0 Å². The molecule has 0 unspecified atom stereocenters. The van der Waals surface area contributed by atoms with Crippen molar-refractivity contribution in [3.63, 3.8) is 0 Å². The second-order valence-electron chi connectivity index (χ2n) is 4.84. The number of rotatable bonds is 2. The van der Waals surface area contributed by atoms with Crippen LogP contribution in [0.2, 0.25) is 0 Å². The summed E-state index contributed by atoms with van der Waals surface area (Å²) in [5.41, 5.74) is -1.53. The topological polar surface area (TPSA) is 34.9 Å². The summed E-state index contributed by atoms with van der Waals surface area (Å²) in [6.07, 6.45) is -1.15. The van der Waals surface area contributed by atoms with Crippen LogP contribution in [0.25, 0.3) is 10.9 Å². The molecule has 1 fully saturated rings. The maximum absolute atomic E-state index is 12.8. The third-order valence-electron chi connectivity index (χ3n) is 3.31.